The van der Waals surface area contributed by atoms with Gasteiger partial charge in [0.15, 0.2) is 0 Å². The summed E-state index contributed by atoms with van der Waals surface area (Å²) in [6, 6.07) is 15.8. The lowest BCUT2D eigenvalue weighted by atomic mass is 10.1. The number of benzene rings is 2. The molecule has 1 amide bonds. The minimum absolute atomic E-state index is 0.316. The van der Waals surface area contributed by atoms with Gasteiger partial charge in [0.25, 0.3) is 0 Å². The van der Waals surface area contributed by atoms with Crippen molar-refractivity contribution in [3.05, 3.63) is 48.0 Å². The van der Waals surface area contributed by atoms with E-state index in [2.05, 4.69) is 27.8 Å². The number of fused-ring (bicyclic) bond motifs is 1. The molecule has 0 atom stereocenters. The number of aryl methyl sites for hydroxylation is 1. The molecule has 7 heteroatoms. The predicted octanol–water partition coefficient (Wildman–Crippen LogP) is 5.63. The monoisotopic (exact) mass is 460 g/mol. The Morgan fingerprint density at radius 3 is 2.56 bits per heavy atom. The number of amides is 1. The van der Waals surface area contributed by atoms with Crippen LogP contribution in [0.15, 0.2) is 42.5 Å². The first-order valence-electron chi connectivity index (χ1n) is 12.1. The topological polar surface area (TPSA) is 79.5 Å². The van der Waals surface area contributed by atoms with E-state index in [1.54, 1.807) is 6.92 Å². The van der Waals surface area contributed by atoms with Crippen molar-refractivity contribution >= 4 is 22.7 Å². The van der Waals surface area contributed by atoms with Crippen LogP contribution in [-0.2, 0) is 11.3 Å². The summed E-state index contributed by atoms with van der Waals surface area (Å²) in [6.07, 6.45) is 3.14. The zero-order valence-electron chi connectivity index (χ0n) is 20.0. The van der Waals surface area contributed by atoms with Crippen molar-refractivity contribution in [1.82, 2.24) is 9.47 Å². The van der Waals surface area contributed by atoms with Crippen molar-refractivity contribution < 1.29 is 14.3 Å². The summed E-state index contributed by atoms with van der Waals surface area (Å²) < 4.78 is 13.1. The number of carbonyl (C=O) groups excluding carboxylic acids is 1. The number of ether oxygens (including phenoxy) is 2. The Kier molecular flexibility index (Phi) is 7.71. The summed E-state index contributed by atoms with van der Waals surface area (Å²) in [7, 11) is 0. The Bertz CT molecular complexity index is 1170. The normalized spacial score (nSPS) is 13.7. The summed E-state index contributed by atoms with van der Waals surface area (Å²) >= 11 is 0. The number of aromatic nitrogens is 1. The van der Waals surface area contributed by atoms with Crippen molar-refractivity contribution in [3.63, 3.8) is 0 Å². The van der Waals surface area contributed by atoms with Crippen LogP contribution >= 0.6 is 0 Å². The van der Waals surface area contributed by atoms with Gasteiger partial charge in [-0.25, -0.2) is 4.79 Å². The van der Waals surface area contributed by atoms with Crippen molar-refractivity contribution in [2.75, 3.05) is 38.2 Å². The van der Waals surface area contributed by atoms with Gasteiger partial charge in [-0.05, 0) is 76.0 Å². The molecular weight excluding hydrogens is 428 g/mol. The summed E-state index contributed by atoms with van der Waals surface area (Å²) in [5.41, 5.74) is 4.05. The van der Waals surface area contributed by atoms with Gasteiger partial charge in [0, 0.05) is 30.2 Å². The van der Waals surface area contributed by atoms with Crippen LogP contribution in [0, 0.1) is 11.3 Å². The van der Waals surface area contributed by atoms with E-state index in [9.17, 15) is 10.1 Å². The lowest BCUT2D eigenvalue weighted by molar-refractivity contribution is 0.168. The molecule has 0 saturated carbocycles. The maximum atomic E-state index is 11.7. The molecule has 1 fully saturated rings. The van der Waals surface area contributed by atoms with E-state index in [1.165, 1.54) is 25.9 Å². The number of hydrogen-bond acceptors (Lipinski definition) is 5. The standard InChI is InChI=1S/C27H32N4O3/c1-3-31-25-18-22(34-17-7-16-30-14-5-6-15-30)12-13-23(25)24(19-28)26(31)20-8-10-21(11-9-20)29-27(32)33-4-2/h8-13,18H,3-7,14-17H2,1-2H3,(H,29,32). The lowest BCUT2D eigenvalue weighted by Gasteiger charge is -2.14. The third-order valence-corrected chi connectivity index (χ3v) is 6.23. The largest absolute Gasteiger partial charge is 0.493 e. The quantitative estimate of drug-likeness (QED) is 0.419. The van der Waals surface area contributed by atoms with Crippen molar-refractivity contribution in [3.8, 4) is 23.1 Å². The predicted molar refractivity (Wildman–Crippen MR) is 134 cm³/mol. The van der Waals surface area contributed by atoms with E-state index in [4.69, 9.17) is 9.47 Å². The van der Waals surface area contributed by atoms with E-state index >= 15 is 0 Å². The molecule has 0 bridgehead atoms. The molecule has 2 aromatic carbocycles. The molecule has 0 spiro atoms. The third kappa shape index (κ3) is 5.18. The molecule has 0 aliphatic carbocycles. The Labute approximate surface area is 200 Å². The number of nitriles is 1. The molecule has 1 aromatic heterocycles. The zero-order chi connectivity index (χ0) is 23.9. The molecule has 178 valence electrons. The first-order valence-corrected chi connectivity index (χ1v) is 12.1. The van der Waals surface area contributed by atoms with Crippen LogP contribution in [0.4, 0.5) is 10.5 Å². The maximum Gasteiger partial charge on any atom is 0.411 e. The molecule has 1 aliphatic rings. The Hall–Kier alpha value is -3.50. The van der Waals surface area contributed by atoms with Crippen LogP contribution in [0.1, 0.15) is 38.7 Å². The zero-order valence-corrected chi connectivity index (χ0v) is 20.0. The average molecular weight is 461 g/mol. The second kappa shape index (κ2) is 11.1. The van der Waals surface area contributed by atoms with Gasteiger partial charge in [0.05, 0.1) is 30.0 Å². The lowest BCUT2D eigenvalue weighted by Crippen LogP contribution is -2.21. The molecule has 4 rings (SSSR count). The summed E-state index contributed by atoms with van der Waals surface area (Å²) in [5.74, 6) is 0.825. The molecular formula is C27H32N4O3. The van der Waals surface area contributed by atoms with Crippen LogP contribution in [-0.4, -0.2) is 48.4 Å². The minimum atomic E-state index is -0.483. The van der Waals surface area contributed by atoms with E-state index in [0.717, 1.165) is 47.4 Å². The van der Waals surface area contributed by atoms with Crippen LogP contribution in [0.2, 0.25) is 0 Å². The number of rotatable bonds is 9. The molecule has 0 unspecified atom stereocenters. The van der Waals surface area contributed by atoms with Gasteiger partial charge in [-0.15, -0.1) is 0 Å². The van der Waals surface area contributed by atoms with Gasteiger partial charge >= 0.3 is 6.09 Å². The highest BCUT2D eigenvalue weighted by molar-refractivity contribution is 5.95. The average Bonchev–Trinajstić information content (AvgIpc) is 3.47. The van der Waals surface area contributed by atoms with E-state index in [1.807, 2.05) is 42.5 Å². The van der Waals surface area contributed by atoms with E-state index in [-0.39, 0.29) is 0 Å². The SMILES string of the molecule is CCOC(=O)Nc1ccc(-c2c(C#N)c3ccc(OCCCN4CCCC4)cc3n2CC)cc1. The number of nitrogens with one attached hydrogen (secondary N) is 1. The van der Waals surface area contributed by atoms with Gasteiger partial charge in [-0.1, -0.05) is 12.1 Å². The van der Waals surface area contributed by atoms with Crippen molar-refractivity contribution in [1.29, 1.82) is 5.26 Å². The van der Waals surface area contributed by atoms with Gasteiger partial charge in [-0.2, -0.15) is 5.26 Å². The first-order chi connectivity index (χ1) is 16.6. The number of carbonyl (C=O) groups is 1. The fraction of sp³-hybridized carbons (Fsp3) is 0.407. The molecule has 3 aromatic rings. The van der Waals surface area contributed by atoms with E-state index < -0.39 is 6.09 Å². The second-order valence-electron chi connectivity index (χ2n) is 8.43. The number of anilines is 1. The highest BCUT2D eigenvalue weighted by atomic mass is 16.5. The molecule has 0 radical (unpaired) electrons. The van der Waals surface area contributed by atoms with Gasteiger partial charge in [-0.3, -0.25) is 5.32 Å². The highest BCUT2D eigenvalue weighted by Gasteiger charge is 2.19. The van der Waals surface area contributed by atoms with Crippen LogP contribution in [0.5, 0.6) is 5.75 Å². The highest BCUT2D eigenvalue weighted by Crippen LogP contribution is 2.35. The van der Waals surface area contributed by atoms with Crippen molar-refractivity contribution in [2.45, 2.75) is 39.7 Å². The Morgan fingerprint density at radius 2 is 1.88 bits per heavy atom. The van der Waals surface area contributed by atoms with Gasteiger partial charge in [0.2, 0.25) is 0 Å². The molecule has 1 N–H and O–H groups in total. The van der Waals surface area contributed by atoms with Gasteiger partial charge < -0.3 is 18.9 Å². The minimum Gasteiger partial charge on any atom is -0.493 e. The van der Waals surface area contributed by atoms with E-state index in [0.29, 0.717) is 24.5 Å². The maximum absolute atomic E-state index is 11.7. The van der Waals surface area contributed by atoms with Gasteiger partial charge in [0.1, 0.15) is 11.8 Å². The fourth-order valence-corrected chi connectivity index (χ4v) is 4.64. The molecule has 1 saturated heterocycles. The molecule has 7 nitrogen and oxygen atoms in total. The Balaban J connectivity index is 1.55. The molecule has 1 aliphatic heterocycles. The first kappa shape index (κ1) is 23.7. The summed E-state index contributed by atoms with van der Waals surface area (Å²) in [6.45, 7) is 9.04. The smallest absolute Gasteiger partial charge is 0.411 e. The summed E-state index contributed by atoms with van der Waals surface area (Å²) in [5, 5.41) is 13.6. The van der Waals surface area contributed by atoms with Crippen LogP contribution in [0.25, 0.3) is 22.2 Å². The summed E-state index contributed by atoms with van der Waals surface area (Å²) in [4.78, 5) is 14.2. The van der Waals surface area contributed by atoms with Crippen LogP contribution in [0.3, 0.4) is 0 Å². The molecule has 2 heterocycles. The number of nitrogens with zero attached hydrogens (tertiary/aromatic N) is 3. The second-order valence-corrected chi connectivity index (χ2v) is 8.43. The van der Waals surface area contributed by atoms with Crippen molar-refractivity contribution in [2.24, 2.45) is 0 Å². The third-order valence-electron chi connectivity index (χ3n) is 6.23. The number of hydrogen-bond donors (Lipinski definition) is 1. The Morgan fingerprint density at radius 1 is 1.12 bits per heavy atom. The fourth-order valence-electron chi connectivity index (χ4n) is 4.64. The number of likely N-dealkylation sites (tertiary alicyclic amines) is 1. The van der Waals surface area contributed by atoms with Crippen LogP contribution < -0.4 is 10.1 Å². The molecule has 34 heavy (non-hydrogen) atoms.